The number of anilines is 1. The highest BCUT2D eigenvalue weighted by atomic mass is 32.2. The molecule has 0 aliphatic carbocycles. The van der Waals surface area contributed by atoms with Gasteiger partial charge in [0.25, 0.3) is 5.91 Å². The van der Waals surface area contributed by atoms with Crippen molar-refractivity contribution in [2.24, 2.45) is 0 Å². The third-order valence-corrected chi connectivity index (χ3v) is 7.31. The first-order chi connectivity index (χ1) is 15.5. The van der Waals surface area contributed by atoms with Crippen LogP contribution in [0.3, 0.4) is 0 Å². The van der Waals surface area contributed by atoms with Crippen molar-refractivity contribution in [2.45, 2.75) is 17.7 Å². The van der Waals surface area contributed by atoms with Gasteiger partial charge < -0.3 is 5.32 Å². The molecule has 0 radical (unpaired) electrons. The average molecular weight is 449 g/mol. The molecule has 162 valence electrons. The molecular formula is C22H20N6O3S. The first-order valence-corrected chi connectivity index (χ1v) is 11.6. The molecule has 0 bridgehead atoms. The van der Waals surface area contributed by atoms with Crippen molar-refractivity contribution < 1.29 is 13.2 Å². The van der Waals surface area contributed by atoms with Crippen LogP contribution >= 0.6 is 0 Å². The van der Waals surface area contributed by atoms with Crippen molar-refractivity contribution >= 4 is 27.3 Å². The molecule has 5 rings (SSSR count). The van der Waals surface area contributed by atoms with Crippen LogP contribution in [0.4, 0.5) is 5.69 Å². The predicted octanol–water partition coefficient (Wildman–Crippen LogP) is 2.83. The maximum absolute atomic E-state index is 12.7. The molecule has 4 aromatic rings. The molecule has 0 saturated carbocycles. The molecule has 0 unspecified atom stereocenters. The lowest BCUT2D eigenvalue weighted by molar-refractivity contribution is 0.102. The number of nitrogens with zero attached hydrogens (tertiary/aromatic N) is 5. The van der Waals surface area contributed by atoms with Gasteiger partial charge in [-0.25, -0.2) is 8.42 Å². The molecule has 32 heavy (non-hydrogen) atoms. The van der Waals surface area contributed by atoms with Gasteiger partial charge in [0.15, 0.2) is 5.65 Å². The Morgan fingerprint density at radius 1 is 0.969 bits per heavy atom. The molecule has 2 aromatic heterocycles. The summed E-state index contributed by atoms with van der Waals surface area (Å²) in [5.41, 5.74) is 3.16. The number of hydrogen-bond acceptors (Lipinski definition) is 6. The summed E-state index contributed by atoms with van der Waals surface area (Å²) in [6.07, 6.45) is 3.28. The molecular weight excluding hydrogens is 428 g/mol. The highest BCUT2D eigenvalue weighted by Crippen LogP contribution is 2.23. The van der Waals surface area contributed by atoms with Crippen molar-refractivity contribution in [1.29, 1.82) is 0 Å². The van der Waals surface area contributed by atoms with Gasteiger partial charge in [-0.3, -0.25) is 4.79 Å². The van der Waals surface area contributed by atoms with E-state index in [4.69, 9.17) is 0 Å². The van der Waals surface area contributed by atoms with Crippen LogP contribution in [-0.4, -0.2) is 51.5 Å². The number of amides is 1. The Bertz CT molecular complexity index is 1390. The molecule has 1 amide bonds. The standard InChI is InChI=1S/C22H20N6O3S/c29-22(16-6-8-19(9-7-16)32(30,31)27-12-1-2-13-27)24-18-5-3-4-17(14-18)20-10-11-21-25-23-15-28(21)26-20/h3-11,14-15H,1-2,12-13H2,(H,24,29). The fourth-order valence-electron chi connectivity index (χ4n) is 3.70. The number of carbonyl (C=O) groups is 1. The van der Waals surface area contributed by atoms with Gasteiger partial charge in [0, 0.05) is 29.9 Å². The van der Waals surface area contributed by atoms with E-state index in [-0.39, 0.29) is 10.8 Å². The van der Waals surface area contributed by atoms with E-state index in [1.165, 1.54) is 34.9 Å². The summed E-state index contributed by atoms with van der Waals surface area (Å²) in [5.74, 6) is -0.325. The summed E-state index contributed by atoms with van der Waals surface area (Å²) in [4.78, 5) is 12.9. The average Bonchev–Trinajstić information content (AvgIpc) is 3.51. The lowest BCUT2D eigenvalue weighted by Crippen LogP contribution is -2.27. The van der Waals surface area contributed by atoms with Crippen molar-refractivity contribution in [3.63, 3.8) is 0 Å². The summed E-state index contributed by atoms with van der Waals surface area (Å²) < 4.78 is 28.4. The molecule has 1 N–H and O–H groups in total. The van der Waals surface area contributed by atoms with E-state index in [1.807, 2.05) is 30.3 Å². The van der Waals surface area contributed by atoms with Crippen LogP contribution < -0.4 is 5.32 Å². The van der Waals surface area contributed by atoms with Gasteiger partial charge in [0.05, 0.1) is 10.6 Å². The van der Waals surface area contributed by atoms with Gasteiger partial charge in [-0.2, -0.15) is 13.9 Å². The van der Waals surface area contributed by atoms with Gasteiger partial charge >= 0.3 is 0 Å². The largest absolute Gasteiger partial charge is 0.322 e. The number of aromatic nitrogens is 4. The zero-order valence-corrected chi connectivity index (χ0v) is 17.9. The third kappa shape index (κ3) is 3.85. The van der Waals surface area contributed by atoms with Crippen molar-refractivity contribution in [1.82, 2.24) is 24.1 Å². The van der Waals surface area contributed by atoms with E-state index in [1.54, 1.807) is 10.6 Å². The molecule has 2 aromatic carbocycles. The lowest BCUT2D eigenvalue weighted by atomic mass is 10.1. The Labute approximate surface area is 184 Å². The first kappa shape index (κ1) is 20.3. The maximum atomic E-state index is 12.7. The normalized spacial score (nSPS) is 14.6. The van der Waals surface area contributed by atoms with E-state index in [0.29, 0.717) is 35.7 Å². The molecule has 1 aliphatic rings. The lowest BCUT2D eigenvalue weighted by Gasteiger charge is -2.15. The fraction of sp³-hybridized carbons (Fsp3) is 0.182. The molecule has 1 fully saturated rings. The Kier molecular flexibility index (Phi) is 5.16. The van der Waals surface area contributed by atoms with Gasteiger partial charge in [-0.05, 0) is 61.4 Å². The van der Waals surface area contributed by atoms with Crippen LogP contribution in [0.1, 0.15) is 23.2 Å². The van der Waals surface area contributed by atoms with E-state index in [0.717, 1.165) is 18.4 Å². The molecule has 0 atom stereocenters. The highest BCUT2D eigenvalue weighted by molar-refractivity contribution is 7.89. The zero-order chi connectivity index (χ0) is 22.1. The quantitative estimate of drug-likeness (QED) is 0.503. The Morgan fingerprint density at radius 2 is 1.75 bits per heavy atom. The molecule has 3 heterocycles. The smallest absolute Gasteiger partial charge is 0.255 e. The van der Waals surface area contributed by atoms with Crippen LogP contribution in [0.5, 0.6) is 0 Å². The van der Waals surface area contributed by atoms with Gasteiger partial charge in [-0.1, -0.05) is 12.1 Å². The maximum Gasteiger partial charge on any atom is 0.255 e. The minimum Gasteiger partial charge on any atom is -0.322 e. The van der Waals surface area contributed by atoms with Crippen LogP contribution in [0.25, 0.3) is 16.9 Å². The van der Waals surface area contributed by atoms with E-state index < -0.39 is 10.0 Å². The number of sulfonamides is 1. The third-order valence-electron chi connectivity index (χ3n) is 5.40. The number of fused-ring (bicyclic) bond motifs is 1. The monoisotopic (exact) mass is 448 g/mol. The van der Waals surface area contributed by atoms with Crippen molar-refractivity contribution in [3.05, 3.63) is 72.6 Å². The number of nitrogens with one attached hydrogen (secondary N) is 1. The van der Waals surface area contributed by atoms with Gasteiger partial charge in [-0.15, -0.1) is 10.2 Å². The fourth-order valence-corrected chi connectivity index (χ4v) is 5.21. The second-order valence-electron chi connectivity index (χ2n) is 7.52. The van der Waals surface area contributed by atoms with Crippen LogP contribution in [0.2, 0.25) is 0 Å². The number of benzene rings is 2. The number of hydrogen-bond donors (Lipinski definition) is 1. The predicted molar refractivity (Wildman–Crippen MR) is 119 cm³/mol. The summed E-state index contributed by atoms with van der Waals surface area (Å²) >= 11 is 0. The minimum atomic E-state index is -3.50. The molecule has 0 spiro atoms. The topological polar surface area (TPSA) is 110 Å². The second kappa shape index (κ2) is 8.13. The van der Waals surface area contributed by atoms with E-state index in [9.17, 15) is 13.2 Å². The number of carbonyl (C=O) groups excluding carboxylic acids is 1. The molecule has 10 heteroatoms. The minimum absolute atomic E-state index is 0.202. The van der Waals surface area contributed by atoms with Gasteiger partial charge in [0.2, 0.25) is 10.0 Å². The van der Waals surface area contributed by atoms with E-state index in [2.05, 4.69) is 20.6 Å². The molecule has 9 nitrogen and oxygen atoms in total. The summed E-state index contributed by atoms with van der Waals surface area (Å²) in [6.45, 7) is 1.08. The van der Waals surface area contributed by atoms with Crippen LogP contribution in [0, 0.1) is 0 Å². The van der Waals surface area contributed by atoms with Crippen molar-refractivity contribution in [3.8, 4) is 11.3 Å². The Balaban J connectivity index is 1.33. The summed E-state index contributed by atoms with van der Waals surface area (Å²) in [7, 11) is -3.50. The van der Waals surface area contributed by atoms with Crippen LogP contribution in [0.15, 0.2) is 71.9 Å². The van der Waals surface area contributed by atoms with Crippen molar-refractivity contribution in [2.75, 3.05) is 18.4 Å². The second-order valence-corrected chi connectivity index (χ2v) is 9.46. The Hall–Kier alpha value is -3.63. The first-order valence-electron chi connectivity index (χ1n) is 10.2. The van der Waals surface area contributed by atoms with Crippen LogP contribution in [-0.2, 0) is 10.0 Å². The highest BCUT2D eigenvalue weighted by Gasteiger charge is 2.27. The van der Waals surface area contributed by atoms with Gasteiger partial charge in [0.1, 0.15) is 6.33 Å². The van der Waals surface area contributed by atoms with E-state index >= 15 is 0 Å². The summed E-state index contributed by atoms with van der Waals surface area (Å²) in [5, 5.41) is 15.1. The molecule has 1 aliphatic heterocycles. The zero-order valence-electron chi connectivity index (χ0n) is 17.0. The molecule has 1 saturated heterocycles. The SMILES string of the molecule is O=C(Nc1cccc(-c2ccc3nncn3n2)c1)c1ccc(S(=O)(=O)N2CCCC2)cc1. The number of rotatable bonds is 5. The summed E-state index contributed by atoms with van der Waals surface area (Å²) in [6, 6.07) is 17.0. The Morgan fingerprint density at radius 3 is 2.53 bits per heavy atom.